The van der Waals surface area contributed by atoms with Crippen molar-refractivity contribution in [1.29, 1.82) is 0 Å². The van der Waals surface area contributed by atoms with Crippen LogP contribution in [0.2, 0.25) is 0 Å². The van der Waals surface area contributed by atoms with Crippen molar-refractivity contribution in [3.8, 4) is 11.5 Å². The van der Waals surface area contributed by atoms with E-state index in [1.165, 1.54) is 31.2 Å². The lowest BCUT2D eigenvalue weighted by atomic mass is 10.1. The fraction of sp³-hybridized carbons (Fsp3) is 0.130. The Hall–Kier alpha value is -3.85. The van der Waals surface area contributed by atoms with Gasteiger partial charge in [-0.15, -0.1) is 0 Å². The molecule has 8 nitrogen and oxygen atoms in total. The van der Waals surface area contributed by atoms with Crippen LogP contribution >= 0.6 is 0 Å². The molecule has 0 atom stereocenters. The minimum Gasteiger partial charge on any atom is -0.454 e. The quantitative estimate of drug-likeness (QED) is 0.543. The molecule has 3 aromatic rings. The van der Waals surface area contributed by atoms with Crippen molar-refractivity contribution in [2.75, 3.05) is 15.4 Å². The van der Waals surface area contributed by atoms with Crippen LogP contribution in [0.3, 0.4) is 0 Å². The Bertz CT molecular complexity index is 1370. The Morgan fingerprint density at radius 1 is 0.938 bits per heavy atom. The molecular formula is C23H21N3O5S. The van der Waals surface area contributed by atoms with E-state index in [0.29, 0.717) is 28.4 Å². The Balaban J connectivity index is 1.63. The molecule has 9 heteroatoms. The van der Waals surface area contributed by atoms with Crippen molar-refractivity contribution in [3.63, 3.8) is 0 Å². The summed E-state index contributed by atoms with van der Waals surface area (Å²) in [5, 5.41) is 5.41. The summed E-state index contributed by atoms with van der Waals surface area (Å²) in [4.78, 5) is 24.0. The van der Waals surface area contributed by atoms with Gasteiger partial charge >= 0.3 is 0 Å². The van der Waals surface area contributed by atoms with Crippen molar-refractivity contribution < 1.29 is 22.7 Å². The molecule has 0 radical (unpaired) electrons. The smallest absolute Gasteiger partial charge is 0.262 e. The third-order valence-electron chi connectivity index (χ3n) is 4.86. The van der Waals surface area contributed by atoms with Crippen LogP contribution in [0.5, 0.6) is 11.5 Å². The molecule has 0 aliphatic carbocycles. The number of anilines is 3. The summed E-state index contributed by atoms with van der Waals surface area (Å²) in [6.45, 7) is 4.92. The molecule has 164 valence electrons. The molecule has 1 heterocycles. The highest BCUT2D eigenvalue weighted by molar-refractivity contribution is 7.92. The van der Waals surface area contributed by atoms with E-state index in [0.717, 1.165) is 5.56 Å². The van der Waals surface area contributed by atoms with Gasteiger partial charge in [0.1, 0.15) is 5.75 Å². The van der Waals surface area contributed by atoms with E-state index in [9.17, 15) is 18.0 Å². The molecule has 0 unspecified atom stereocenters. The minimum absolute atomic E-state index is 0.0603. The molecule has 4 rings (SSSR count). The van der Waals surface area contributed by atoms with Gasteiger partial charge in [0.2, 0.25) is 5.91 Å². The van der Waals surface area contributed by atoms with Crippen LogP contribution < -0.4 is 20.1 Å². The summed E-state index contributed by atoms with van der Waals surface area (Å²) < 4.78 is 34.3. The zero-order chi connectivity index (χ0) is 23.0. The van der Waals surface area contributed by atoms with Gasteiger partial charge in [0.25, 0.3) is 15.9 Å². The first-order valence-corrected chi connectivity index (χ1v) is 11.3. The summed E-state index contributed by atoms with van der Waals surface area (Å²) in [7, 11) is -3.94. The lowest BCUT2D eigenvalue weighted by molar-refractivity contribution is -0.114. The average Bonchev–Trinajstić information content (AvgIpc) is 2.82. The van der Waals surface area contributed by atoms with Gasteiger partial charge in [0.05, 0.1) is 16.1 Å². The predicted molar refractivity (Wildman–Crippen MR) is 122 cm³/mol. The van der Waals surface area contributed by atoms with Gasteiger partial charge in [-0.3, -0.25) is 14.3 Å². The fourth-order valence-electron chi connectivity index (χ4n) is 3.44. The van der Waals surface area contributed by atoms with Crippen molar-refractivity contribution >= 4 is 38.9 Å². The number of rotatable bonds is 4. The maximum absolute atomic E-state index is 13.0. The van der Waals surface area contributed by atoms with Crippen molar-refractivity contribution in [2.24, 2.45) is 0 Å². The molecule has 1 aliphatic rings. The molecule has 2 amide bonds. The maximum Gasteiger partial charge on any atom is 0.262 e. The largest absolute Gasteiger partial charge is 0.454 e. The first-order chi connectivity index (χ1) is 15.1. The number of ether oxygens (including phenoxy) is 1. The van der Waals surface area contributed by atoms with Crippen LogP contribution in [-0.2, 0) is 14.8 Å². The van der Waals surface area contributed by atoms with Crippen LogP contribution in [0.4, 0.5) is 17.1 Å². The number of hydrogen-bond acceptors (Lipinski definition) is 5. The SMILES string of the molecule is CC(=O)Nc1ccc(S(=O)(=O)Nc2ccc3c(c2)C(=O)Nc2cc(C)ccc2O3)c(C)c1. The number of nitrogens with one attached hydrogen (secondary N) is 3. The summed E-state index contributed by atoms with van der Waals surface area (Å²) >= 11 is 0. The summed E-state index contributed by atoms with van der Waals surface area (Å²) in [6, 6.07) is 14.5. The van der Waals surface area contributed by atoms with Crippen molar-refractivity contribution in [1.82, 2.24) is 0 Å². The highest BCUT2D eigenvalue weighted by Gasteiger charge is 2.23. The molecule has 0 fully saturated rings. The first-order valence-electron chi connectivity index (χ1n) is 9.77. The zero-order valence-corrected chi connectivity index (χ0v) is 18.5. The predicted octanol–water partition coefficient (Wildman–Crippen LogP) is 4.42. The van der Waals surface area contributed by atoms with Gasteiger partial charge in [-0.2, -0.15) is 0 Å². The number of carbonyl (C=O) groups is 2. The summed E-state index contributed by atoms with van der Waals surface area (Å²) in [6.07, 6.45) is 0. The number of aryl methyl sites for hydroxylation is 2. The van der Waals surface area contributed by atoms with Crippen LogP contribution in [0.1, 0.15) is 28.4 Å². The standard InChI is InChI=1S/C23H21N3O5S/c1-13-4-7-21-19(10-13)25-23(28)18-12-17(5-8-20(18)31-21)26-32(29,30)22-9-6-16(11-14(22)2)24-15(3)27/h4-12,26H,1-3H3,(H,24,27)(H,25,28). The van der Waals surface area contributed by atoms with Gasteiger partial charge in [0.15, 0.2) is 5.75 Å². The maximum atomic E-state index is 13.0. The highest BCUT2D eigenvalue weighted by Crippen LogP contribution is 2.37. The minimum atomic E-state index is -3.94. The first kappa shape index (κ1) is 21.4. The Morgan fingerprint density at radius 3 is 2.38 bits per heavy atom. The summed E-state index contributed by atoms with van der Waals surface area (Å²) in [5.41, 5.74) is 2.90. The Kier molecular flexibility index (Phi) is 5.35. The van der Waals surface area contributed by atoms with E-state index in [-0.39, 0.29) is 22.1 Å². The second-order valence-electron chi connectivity index (χ2n) is 7.53. The number of fused-ring (bicyclic) bond motifs is 2. The van der Waals surface area contributed by atoms with E-state index in [4.69, 9.17) is 4.74 Å². The Morgan fingerprint density at radius 2 is 1.66 bits per heavy atom. The van der Waals surface area contributed by atoms with E-state index in [2.05, 4.69) is 15.4 Å². The third kappa shape index (κ3) is 4.28. The fourth-order valence-corrected chi connectivity index (χ4v) is 4.72. The second kappa shape index (κ2) is 8.01. The molecule has 3 aromatic carbocycles. The van der Waals surface area contributed by atoms with Gasteiger partial charge in [0, 0.05) is 18.3 Å². The molecule has 0 saturated heterocycles. The molecule has 0 aromatic heterocycles. The molecule has 32 heavy (non-hydrogen) atoms. The monoisotopic (exact) mass is 451 g/mol. The van der Waals surface area contributed by atoms with Gasteiger partial charge in [-0.05, 0) is 73.5 Å². The van der Waals surface area contributed by atoms with Crippen LogP contribution in [0.25, 0.3) is 0 Å². The molecule has 0 bridgehead atoms. The van der Waals surface area contributed by atoms with E-state index >= 15 is 0 Å². The number of amides is 2. The molecule has 1 aliphatic heterocycles. The van der Waals surface area contributed by atoms with Gasteiger partial charge < -0.3 is 15.4 Å². The van der Waals surface area contributed by atoms with E-state index < -0.39 is 15.9 Å². The number of carbonyl (C=O) groups excluding carboxylic acids is 2. The summed E-state index contributed by atoms with van der Waals surface area (Å²) in [5.74, 6) is 0.178. The lowest BCUT2D eigenvalue weighted by Crippen LogP contribution is -2.16. The number of hydrogen-bond donors (Lipinski definition) is 3. The zero-order valence-electron chi connectivity index (χ0n) is 17.6. The molecular weight excluding hydrogens is 430 g/mol. The van der Waals surface area contributed by atoms with Crippen LogP contribution in [0, 0.1) is 13.8 Å². The van der Waals surface area contributed by atoms with E-state index in [1.807, 2.05) is 13.0 Å². The van der Waals surface area contributed by atoms with E-state index in [1.54, 1.807) is 31.2 Å². The normalized spacial score (nSPS) is 12.5. The average molecular weight is 452 g/mol. The topological polar surface area (TPSA) is 114 Å². The molecule has 0 saturated carbocycles. The van der Waals surface area contributed by atoms with Gasteiger partial charge in [-0.25, -0.2) is 8.42 Å². The van der Waals surface area contributed by atoms with Crippen molar-refractivity contribution in [3.05, 3.63) is 71.3 Å². The molecule has 3 N–H and O–H groups in total. The number of benzene rings is 3. The highest BCUT2D eigenvalue weighted by atomic mass is 32.2. The van der Waals surface area contributed by atoms with Crippen LogP contribution in [0.15, 0.2) is 59.5 Å². The Labute approximate surface area is 185 Å². The third-order valence-corrected chi connectivity index (χ3v) is 6.41. The second-order valence-corrected chi connectivity index (χ2v) is 9.18. The lowest BCUT2D eigenvalue weighted by Gasteiger charge is -2.13. The van der Waals surface area contributed by atoms with Crippen LogP contribution in [-0.4, -0.2) is 20.2 Å². The van der Waals surface area contributed by atoms with Crippen molar-refractivity contribution in [2.45, 2.75) is 25.7 Å². The van der Waals surface area contributed by atoms with Gasteiger partial charge in [-0.1, -0.05) is 6.07 Å². The molecule has 0 spiro atoms. The number of sulfonamides is 1.